The second kappa shape index (κ2) is 5.87. The molecule has 88 valence electrons. The van der Waals surface area contributed by atoms with Gasteiger partial charge < -0.3 is 4.74 Å². The number of hydrogen-bond donors (Lipinski definition) is 0. The van der Waals surface area contributed by atoms with Gasteiger partial charge in [0.25, 0.3) is 10.1 Å². The summed E-state index contributed by atoms with van der Waals surface area (Å²) in [7, 11) is -3.61. The van der Waals surface area contributed by atoms with Crippen LogP contribution in [0, 0.1) is 0 Å². The van der Waals surface area contributed by atoms with Crippen molar-refractivity contribution in [3.8, 4) is 0 Å². The Balaban J connectivity index is 4.21. The average Bonchev–Trinajstić information content (AvgIpc) is 2.01. The van der Waals surface area contributed by atoms with E-state index in [1.165, 1.54) is 13.8 Å². The minimum absolute atomic E-state index is 0.0953. The van der Waals surface area contributed by atoms with Crippen LogP contribution in [0.4, 0.5) is 0 Å². The Morgan fingerprint density at radius 2 is 2.00 bits per heavy atom. The third-order valence-electron chi connectivity index (χ3n) is 1.36. The fourth-order valence-corrected chi connectivity index (χ4v) is 1.82. The van der Waals surface area contributed by atoms with Crippen LogP contribution in [0.15, 0.2) is 12.2 Å². The number of carbonyl (C=O) groups is 1. The zero-order valence-electron chi connectivity index (χ0n) is 9.15. The lowest BCUT2D eigenvalue weighted by atomic mass is 10.4. The standard InChI is InChI=1S/C9H16O5S/c1-5-6-15(11,12)14-8(4)13-9(10)7(2)3/h8H,2,5-6H2,1,3-4H3. The highest BCUT2D eigenvalue weighted by Crippen LogP contribution is 2.05. The summed E-state index contributed by atoms with van der Waals surface area (Å²) in [5.74, 6) is -0.767. The van der Waals surface area contributed by atoms with Crippen LogP contribution in [0.3, 0.4) is 0 Å². The van der Waals surface area contributed by atoms with Crippen molar-refractivity contribution in [1.29, 1.82) is 0 Å². The Morgan fingerprint density at radius 3 is 2.40 bits per heavy atom. The van der Waals surface area contributed by atoms with Crippen molar-refractivity contribution >= 4 is 16.1 Å². The Bertz CT molecular complexity index is 330. The first kappa shape index (κ1) is 14.1. The second-order valence-electron chi connectivity index (χ2n) is 3.11. The molecule has 0 radical (unpaired) electrons. The van der Waals surface area contributed by atoms with E-state index in [2.05, 4.69) is 15.5 Å². The van der Waals surface area contributed by atoms with Gasteiger partial charge in [-0.15, -0.1) is 0 Å². The second-order valence-corrected chi connectivity index (χ2v) is 4.83. The molecule has 0 saturated heterocycles. The molecule has 0 aromatic carbocycles. The van der Waals surface area contributed by atoms with Crippen molar-refractivity contribution in [2.24, 2.45) is 0 Å². The van der Waals surface area contributed by atoms with Crippen LogP contribution in [-0.2, 0) is 23.8 Å². The van der Waals surface area contributed by atoms with E-state index in [9.17, 15) is 13.2 Å². The lowest BCUT2D eigenvalue weighted by molar-refractivity contribution is -0.155. The Labute approximate surface area is 90.2 Å². The largest absolute Gasteiger partial charge is 0.431 e. The highest BCUT2D eigenvalue weighted by Gasteiger charge is 2.18. The molecule has 1 atom stereocenters. The van der Waals surface area contributed by atoms with E-state index in [-0.39, 0.29) is 11.3 Å². The summed E-state index contributed by atoms with van der Waals surface area (Å²) in [5.41, 5.74) is 0.193. The molecule has 0 rings (SSSR count). The maximum absolute atomic E-state index is 11.2. The van der Waals surface area contributed by atoms with E-state index in [1.807, 2.05) is 0 Å². The molecule has 0 aromatic rings. The fourth-order valence-electron chi connectivity index (χ4n) is 0.776. The van der Waals surface area contributed by atoms with Crippen molar-refractivity contribution < 1.29 is 22.1 Å². The quantitative estimate of drug-likeness (QED) is 0.300. The van der Waals surface area contributed by atoms with Crippen molar-refractivity contribution in [2.45, 2.75) is 33.5 Å². The number of esters is 1. The number of carbonyl (C=O) groups excluding carboxylic acids is 1. The van der Waals surface area contributed by atoms with Gasteiger partial charge in [-0.05, 0) is 20.3 Å². The van der Waals surface area contributed by atoms with Gasteiger partial charge in [0.15, 0.2) is 0 Å². The molecule has 0 spiro atoms. The minimum Gasteiger partial charge on any atom is -0.431 e. The van der Waals surface area contributed by atoms with Crippen LogP contribution >= 0.6 is 0 Å². The maximum Gasteiger partial charge on any atom is 0.335 e. The van der Waals surface area contributed by atoms with Gasteiger partial charge in [0.2, 0.25) is 6.29 Å². The first-order valence-corrected chi connectivity index (χ1v) is 6.13. The normalized spacial score (nSPS) is 13.3. The van der Waals surface area contributed by atoms with Gasteiger partial charge in [-0.2, -0.15) is 8.42 Å². The first-order chi connectivity index (χ1) is 6.78. The van der Waals surface area contributed by atoms with Gasteiger partial charge in [-0.25, -0.2) is 8.98 Å². The van der Waals surface area contributed by atoms with Crippen molar-refractivity contribution in [3.63, 3.8) is 0 Å². The van der Waals surface area contributed by atoms with Crippen LogP contribution in [0.1, 0.15) is 27.2 Å². The van der Waals surface area contributed by atoms with E-state index >= 15 is 0 Å². The summed E-state index contributed by atoms with van der Waals surface area (Å²) < 4.78 is 31.6. The van der Waals surface area contributed by atoms with Gasteiger partial charge >= 0.3 is 5.97 Å². The van der Waals surface area contributed by atoms with E-state index in [1.54, 1.807) is 6.92 Å². The molecule has 0 N–H and O–H groups in total. The molecule has 0 amide bonds. The predicted molar refractivity (Wildman–Crippen MR) is 55.5 cm³/mol. The monoisotopic (exact) mass is 236 g/mol. The lowest BCUT2D eigenvalue weighted by Gasteiger charge is -2.13. The zero-order valence-corrected chi connectivity index (χ0v) is 9.96. The zero-order chi connectivity index (χ0) is 12.1. The molecule has 15 heavy (non-hydrogen) atoms. The van der Waals surface area contributed by atoms with E-state index in [0.29, 0.717) is 6.42 Å². The van der Waals surface area contributed by atoms with Gasteiger partial charge in [0.1, 0.15) is 0 Å². The van der Waals surface area contributed by atoms with Gasteiger partial charge in [-0.1, -0.05) is 13.5 Å². The molecule has 6 heteroatoms. The lowest BCUT2D eigenvalue weighted by Crippen LogP contribution is -2.23. The topological polar surface area (TPSA) is 69.7 Å². The van der Waals surface area contributed by atoms with Crippen molar-refractivity contribution in [2.75, 3.05) is 5.75 Å². The van der Waals surface area contributed by atoms with Crippen molar-refractivity contribution in [3.05, 3.63) is 12.2 Å². The molecule has 1 unspecified atom stereocenters. The van der Waals surface area contributed by atoms with Crippen LogP contribution < -0.4 is 0 Å². The van der Waals surface area contributed by atoms with E-state index in [4.69, 9.17) is 0 Å². The molecule has 0 aliphatic carbocycles. The summed E-state index contributed by atoms with van der Waals surface area (Å²) >= 11 is 0. The molecule has 0 aliphatic heterocycles. The summed E-state index contributed by atoms with van der Waals surface area (Å²) in [6.45, 7) is 7.88. The molecule has 0 fully saturated rings. The van der Waals surface area contributed by atoms with Gasteiger partial charge in [0.05, 0.1) is 5.75 Å². The summed E-state index contributed by atoms with van der Waals surface area (Å²) in [5, 5.41) is 0. The highest BCUT2D eigenvalue weighted by molar-refractivity contribution is 7.86. The van der Waals surface area contributed by atoms with Crippen LogP contribution in [0.25, 0.3) is 0 Å². The molecular weight excluding hydrogens is 220 g/mol. The summed E-state index contributed by atoms with van der Waals surface area (Å²) in [6.07, 6.45) is -0.672. The first-order valence-electron chi connectivity index (χ1n) is 4.56. The van der Waals surface area contributed by atoms with Gasteiger partial charge in [-0.3, -0.25) is 0 Å². The summed E-state index contributed by atoms with van der Waals surface area (Å²) in [4.78, 5) is 11.0. The number of hydrogen-bond acceptors (Lipinski definition) is 5. The van der Waals surface area contributed by atoms with E-state index in [0.717, 1.165) is 0 Å². The Kier molecular flexibility index (Phi) is 5.53. The minimum atomic E-state index is -3.61. The Morgan fingerprint density at radius 1 is 1.47 bits per heavy atom. The number of ether oxygens (including phenoxy) is 1. The molecule has 5 nitrogen and oxygen atoms in total. The third kappa shape index (κ3) is 6.24. The molecule has 0 aromatic heterocycles. The Hall–Kier alpha value is -0.880. The third-order valence-corrected chi connectivity index (χ3v) is 2.83. The molecule has 0 saturated carbocycles. The highest BCUT2D eigenvalue weighted by atomic mass is 32.2. The fraction of sp³-hybridized carbons (Fsp3) is 0.667. The molecule has 0 heterocycles. The van der Waals surface area contributed by atoms with Crippen LogP contribution in [0.2, 0.25) is 0 Å². The van der Waals surface area contributed by atoms with E-state index < -0.39 is 22.4 Å². The SMILES string of the molecule is C=C(C)C(=O)OC(C)OS(=O)(=O)CCC. The number of rotatable bonds is 6. The van der Waals surface area contributed by atoms with Gasteiger partial charge in [0, 0.05) is 5.57 Å². The molecule has 0 bridgehead atoms. The predicted octanol–water partition coefficient (Wildman–Crippen LogP) is 1.21. The molecule has 0 aliphatic rings. The van der Waals surface area contributed by atoms with Crippen LogP contribution in [0.5, 0.6) is 0 Å². The maximum atomic E-state index is 11.2. The smallest absolute Gasteiger partial charge is 0.335 e. The summed E-state index contributed by atoms with van der Waals surface area (Å²) in [6, 6.07) is 0. The average molecular weight is 236 g/mol. The van der Waals surface area contributed by atoms with Crippen LogP contribution in [-0.4, -0.2) is 26.4 Å². The van der Waals surface area contributed by atoms with Crippen molar-refractivity contribution in [1.82, 2.24) is 0 Å². The molecular formula is C9H16O5S.